The van der Waals surface area contributed by atoms with Gasteiger partial charge in [0.25, 0.3) is 5.69 Å². The number of carbonyl (C=O) groups excluding carboxylic acids is 1. The number of nitrogens with zero attached hydrogens (tertiary/aromatic N) is 4. The average molecular weight is 414 g/mol. The van der Waals surface area contributed by atoms with Crippen LogP contribution in [0.1, 0.15) is 17.3 Å². The summed E-state index contributed by atoms with van der Waals surface area (Å²) in [6, 6.07) is 9.56. The molecule has 0 aliphatic heterocycles. The van der Waals surface area contributed by atoms with Crippen LogP contribution >= 0.6 is 11.8 Å². The lowest BCUT2D eigenvalue weighted by atomic mass is 10.2. The van der Waals surface area contributed by atoms with Crippen molar-refractivity contribution >= 4 is 23.7 Å². The molecule has 3 rings (SSSR count). The first-order valence-corrected chi connectivity index (χ1v) is 9.40. The molecule has 0 spiro atoms. The Morgan fingerprint density at radius 3 is 2.38 bits per heavy atom. The number of rotatable bonds is 8. The zero-order valence-electron chi connectivity index (χ0n) is 16.0. The van der Waals surface area contributed by atoms with Crippen molar-refractivity contribution in [3.63, 3.8) is 0 Å². The fourth-order valence-corrected chi connectivity index (χ4v) is 3.70. The zero-order chi connectivity index (χ0) is 21.0. The molecule has 0 aliphatic carbocycles. The van der Waals surface area contributed by atoms with E-state index in [2.05, 4.69) is 10.2 Å². The Hall–Kier alpha value is -3.40. The van der Waals surface area contributed by atoms with E-state index in [-0.39, 0.29) is 11.3 Å². The molecule has 1 aromatic heterocycles. The second-order valence-electron chi connectivity index (χ2n) is 5.85. The second-order valence-corrected chi connectivity index (χ2v) is 6.86. The number of non-ortho nitro benzene ring substituents is 1. The smallest absolute Gasteiger partial charge is 0.270 e. The van der Waals surface area contributed by atoms with Gasteiger partial charge in [0.05, 0.1) is 19.1 Å². The summed E-state index contributed by atoms with van der Waals surface area (Å²) < 4.78 is 12.5. The Kier molecular flexibility index (Phi) is 6.13. The Morgan fingerprint density at radius 1 is 1.14 bits per heavy atom. The van der Waals surface area contributed by atoms with E-state index in [1.807, 2.05) is 23.6 Å². The van der Waals surface area contributed by atoms with Crippen molar-refractivity contribution in [2.24, 2.45) is 0 Å². The summed E-state index contributed by atoms with van der Waals surface area (Å²) in [6.45, 7) is 2.53. The summed E-state index contributed by atoms with van der Waals surface area (Å²) in [6.07, 6.45) is 0.593. The Labute approximate surface area is 170 Å². The number of methoxy groups -OCH3 is 2. The van der Waals surface area contributed by atoms with Crippen molar-refractivity contribution in [3.8, 4) is 22.9 Å². The highest BCUT2D eigenvalue weighted by Crippen LogP contribution is 2.34. The van der Waals surface area contributed by atoms with Crippen molar-refractivity contribution in [1.29, 1.82) is 0 Å². The minimum absolute atomic E-state index is 0.141. The van der Waals surface area contributed by atoms with Gasteiger partial charge in [-0.25, -0.2) is 0 Å². The maximum Gasteiger partial charge on any atom is 0.270 e. The normalized spacial score (nSPS) is 10.6. The van der Waals surface area contributed by atoms with Gasteiger partial charge in [-0.3, -0.25) is 14.9 Å². The SMILES string of the molecule is CCn1c(Sc2ccc([N+](=O)[O-])cc2C=O)nnc1-c1cc(OC)cc(OC)c1. The number of aldehydes is 1. The molecule has 0 aliphatic rings. The van der Waals surface area contributed by atoms with E-state index in [1.165, 1.54) is 30.0 Å². The number of aromatic nitrogens is 3. The van der Waals surface area contributed by atoms with Crippen LogP contribution in [-0.4, -0.2) is 40.2 Å². The third-order valence-electron chi connectivity index (χ3n) is 4.18. The molecule has 0 saturated heterocycles. The molecule has 2 aromatic carbocycles. The van der Waals surface area contributed by atoms with Crippen molar-refractivity contribution < 1.29 is 19.2 Å². The van der Waals surface area contributed by atoms with Crippen molar-refractivity contribution in [2.45, 2.75) is 23.5 Å². The van der Waals surface area contributed by atoms with E-state index in [4.69, 9.17) is 9.47 Å². The molecule has 0 saturated carbocycles. The van der Waals surface area contributed by atoms with Gasteiger partial charge in [-0.15, -0.1) is 10.2 Å². The van der Waals surface area contributed by atoms with Crippen LogP contribution in [0, 0.1) is 10.1 Å². The summed E-state index contributed by atoms with van der Waals surface area (Å²) in [5.41, 5.74) is 0.846. The molecule has 0 radical (unpaired) electrons. The third-order valence-corrected chi connectivity index (χ3v) is 5.25. The topological polar surface area (TPSA) is 109 Å². The Bertz CT molecular complexity index is 1040. The number of benzene rings is 2. The molecule has 29 heavy (non-hydrogen) atoms. The molecule has 0 amide bonds. The van der Waals surface area contributed by atoms with E-state index < -0.39 is 4.92 Å². The first kappa shape index (κ1) is 20.3. The Morgan fingerprint density at radius 2 is 1.83 bits per heavy atom. The van der Waals surface area contributed by atoms with E-state index in [1.54, 1.807) is 20.3 Å². The van der Waals surface area contributed by atoms with Crippen LogP contribution in [0.5, 0.6) is 11.5 Å². The van der Waals surface area contributed by atoms with E-state index in [0.29, 0.717) is 40.2 Å². The first-order valence-electron chi connectivity index (χ1n) is 8.58. The van der Waals surface area contributed by atoms with E-state index >= 15 is 0 Å². The summed E-state index contributed by atoms with van der Waals surface area (Å²) >= 11 is 1.22. The largest absolute Gasteiger partial charge is 0.497 e. The van der Waals surface area contributed by atoms with Crippen LogP contribution in [0.2, 0.25) is 0 Å². The second kappa shape index (κ2) is 8.74. The summed E-state index contributed by atoms with van der Waals surface area (Å²) in [5, 5.41) is 20.0. The quantitative estimate of drug-likeness (QED) is 0.310. The summed E-state index contributed by atoms with van der Waals surface area (Å²) in [4.78, 5) is 22.4. The molecular weight excluding hydrogens is 396 g/mol. The van der Waals surface area contributed by atoms with Crippen molar-refractivity contribution in [2.75, 3.05) is 14.2 Å². The standard InChI is InChI=1S/C19H18N4O5S/c1-4-22-18(12-8-15(27-2)10-16(9-12)28-3)20-21-19(22)29-17-6-5-14(23(25)26)7-13(17)11-24/h5-11H,4H2,1-3H3. The molecule has 0 atom stereocenters. The van der Waals surface area contributed by atoms with Crippen LogP contribution in [-0.2, 0) is 6.54 Å². The maximum absolute atomic E-state index is 11.4. The highest BCUT2D eigenvalue weighted by molar-refractivity contribution is 7.99. The molecular formula is C19H18N4O5S. The van der Waals surface area contributed by atoms with Crippen molar-refractivity contribution in [1.82, 2.24) is 14.8 Å². The lowest BCUT2D eigenvalue weighted by Crippen LogP contribution is -2.01. The predicted octanol–water partition coefficient (Wildman–Crippen LogP) is 3.85. The summed E-state index contributed by atoms with van der Waals surface area (Å²) in [5.74, 6) is 1.86. The molecule has 0 bridgehead atoms. The fourth-order valence-electron chi connectivity index (χ4n) is 2.73. The number of ether oxygens (including phenoxy) is 2. The van der Waals surface area contributed by atoms with Gasteiger partial charge in [0.1, 0.15) is 11.5 Å². The maximum atomic E-state index is 11.4. The third kappa shape index (κ3) is 4.21. The fraction of sp³-hybridized carbons (Fsp3) is 0.211. The molecule has 1 heterocycles. The van der Waals surface area contributed by atoms with Crippen LogP contribution in [0.3, 0.4) is 0 Å². The number of carbonyl (C=O) groups is 1. The van der Waals surface area contributed by atoms with Gasteiger partial charge in [-0.05, 0) is 36.9 Å². The van der Waals surface area contributed by atoms with Gasteiger partial charge in [-0.2, -0.15) is 0 Å². The molecule has 0 N–H and O–H groups in total. The summed E-state index contributed by atoms with van der Waals surface area (Å²) in [7, 11) is 3.14. The molecule has 3 aromatic rings. The average Bonchev–Trinajstić information content (AvgIpc) is 3.15. The predicted molar refractivity (Wildman–Crippen MR) is 107 cm³/mol. The van der Waals surface area contributed by atoms with Gasteiger partial charge in [0.2, 0.25) is 0 Å². The lowest BCUT2D eigenvalue weighted by Gasteiger charge is -2.10. The van der Waals surface area contributed by atoms with Crippen LogP contribution < -0.4 is 9.47 Å². The minimum Gasteiger partial charge on any atom is -0.497 e. The molecule has 9 nitrogen and oxygen atoms in total. The minimum atomic E-state index is -0.537. The van der Waals surface area contributed by atoms with Gasteiger partial charge >= 0.3 is 0 Å². The van der Waals surface area contributed by atoms with Gasteiger partial charge in [0.15, 0.2) is 17.3 Å². The molecule has 150 valence electrons. The Balaban J connectivity index is 2.01. The first-order chi connectivity index (χ1) is 14.0. The monoisotopic (exact) mass is 414 g/mol. The highest BCUT2D eigenvalue weighted by atomic mass is 32.2. The van der Waals surface area contributed by atoms with Gasteiger partial charge < -0.3 is 14.0 Å². The van der Waals surface area contributed by atoms with Crippen LogP contribution in [0.4, 0.5) is 5.69 Å². The lowest BCUT2D eigenvalue weighted by molar-refractivity contribution is -0.384. The highest BCUT2D eigenvalue weighted by Gasteiger charge is 2.18. The number of nitro groups is 1. The van der Waals surface area contributed by atoms with Gasteiger partial charge in [0, 0.05) is 40.8 Å². The molecule has 0 fully saturated rings. The molecule has 0 unspecified atom stereocenters. The zero-order valence-corrected chi connectivity index (χ0v) is 16.8. The van der Waals surface area contributed by atoms with E-state index in [0.717, 1.165) is 5.56 Å². The van der Waals surface area contributed by atoms with E-state index in [9.17, 15) is 14.9 Å². The van der Waals surface area contributed by atoms with Crippen LogP contribution in [0.15, 0.2) is 46.5 Å². The molecule has 10 heteroatoms. The number of hydrogen-bond donors (Lipinski definition) is 0. The number of hydrogen-bond acceptors (Lipinski definition) is 8. The van der Waals surface area contributed by atoms with Crippen LogP contribution in [0.25, 0.3) is 11.4 Å². The van der Waals surface area contributed by atoms with Gasteiger partial charge in [-0.1, -0.05) is 0 Å². The van der Waals surface area contributed by atoms with Crippen molar-refractivity contribution in [3.05, 3.63) is 52.1 Å². The number of nitro benzene ring substituents is 1.